The van der Waals surface area contributed by atoms with E-state index in [1.165, 1.54) is 6.07 Å². The zero-order valence-electron chi connectivity index (χ0n) is 16.6. The van der Waals surface area contributed by atoms with E-state index in [9.17, 15) is 9.59 Å². The maximum absolute atomic E-state index is 12.5. The van der Waals surface area contributed by atoms with Crippen molar-refractivity contribution in [2.75, 3.05) is 10.6 Å². The number of aromatic nitrogens is 4. The minimum Gasteiger partial charge on any atom is -0.451 e. The third-order valence-electron chi connectivity index (χ3n) is 4.66. The Balaban J connectivity index is 1.27. The first-order valence-corrected chi connectivity index (χ1v) is 9.71. The number of para-hydroxylation sites is 1. The van der Waals surface area contributed by atoms with Crippen LogP contribution in [0.15, 0.2) is 94.4 Å². The van der Waals surface area contributed by atoms with Crippen LogP contribution in [0.4, 0.5) is 17.2 Å². The van der Waals surface area contributed by atoms with Crippen LogP contribution in [0, 0.1) is 0 Å². The Morgan fingerprint density at radius 2 is 1.72 bits per heavy atom. The van der Waals surface area contributed by atoms with Gasteiger partial charge in [0.25, 0.3) is 5.91 Å². The number of anilines is 3. The fraction of sp³-hybridized carbons (Fsp3) is 0. The molecule has 3 heterocycles. The second-order valence-electron chi connectivity index (χ2n) is 6.85. The van der Waals surface area contributed by atoms with Gasteiger partial charge in [-0.2, -0.15) is 5.10 Å². The molecule has 32 heavy (non-hydrogen) atoms. The molecule has 0 saturated heterocycles. The number of carbonyl (C=O) groups excluding carboxylic acids is 1. The molecule has 0 atom stereocenters. The molecule has 0 aliphatic heterocycles. The van der Waals surface area contributed by atoms with Crippen LogP contribution in [0.25, 0.3) is 16.8 Å². The molecule has 0 aliphatic rings. The van der Waals surface area contributed by atoms with Gasteiger partial charge in [0.2, 0.25) is 0 Å². The SMILES string of the molecule is O=C(Nc1ccc(Nc2ccc(-n3cccn3)nn2)cc1)c1cc(=O)c2ccccc2o1. The fourth-order valence-electron chi connectivity index (χ4n) is 3.11. The Kier molecular flexibility index (Phi) is 4.89. The summed E-state index contributed by atoms with van der Waals surface area (Å²) in [5.74, 6) is 0.617. The molecule has 5 rings (SSSR count). The Hall–Kier alpha value is -4.79. The molecule has 0 unspecified atom stereocenters. The van der Waals surface area contributed by atoms with Crippen LogP contribution in [0.2, 0.25) is 0 Å². The van der Waals surface area contributed by atoms with Crippen molar-refractivity contribution in [1.82, 2.24) is 20.0 Å². The van der Waals surface area contributed by atoms with E-state index in [0.717, 1.165) is 5.69 Å². The predicted molar refractivity (Wildman–Crippen MR) is 119 cm³/mol. The van der Waals surface area contributed by atoms with Crippen LogP contribution in [0.3, 0.4) is 0 Å². The zero-order chi connectivity index (χ0) is 21.9. The number of amides is 1. The summed E-state index contributed by atoms with van der Waals surface area (Å²) in [6.07, 6.45) is 3.45. The Bertz CT molecular complexity index is 1440. The summed E-state index contributed by atoms with van der Waals surface area (Å²) >= 11 is 0. The van der Waals surface area contributed by atoms with Gasteiger partial charge in [-0.3, -0.25) is 9.59 Å². The molecule has 2 N–H and O–H groups in total. The molecule has 0 bridgehead atoms. The average molecular weight is 424 g/mol. The molecular weight excluding hydrogens is 408 g/mol. The van der Waals surface area contributed by atoms with Gasteiger partial charge in [0.15, 0.2) is 22.8 Å². The summed E-state index contributed by atoms with van der Waals surface area (Å²) in [7, 11) is 0. The smallest absolute Gasteiger partial charge is 0.291 e. The Labute approximate surface area is 181 Å². The minimum absolute atomic E-state index is 0.0524. The van der Waals surface area contributed by atoms with Gasteiger partial charge < -0.3 is 15.1 Å². The summed E-state index contributed by atoms with van der Waals surface area (Å²) in [6.45, 7) is 0. The lowest BCUT2D eigenvalue weighted by molar-refractivity contribution is 0.0997. The van der Waals surface area contributed by atoms with E-state index < -0.39 is 5.91 Å². The van der Waals surface area contributed by atoms with Gasteiger partial charge in [-0.25, -0.2) is 4.68 Å². The summed E-state index contributed by atoms with van der Waals surface area (Å²) in [5, 5.41) is 18.7. The van der Waals surface area contributed by atoms with Crippen molar-refractivity contribution in [2.24, 2.45) is 0 Å². The Morgan fingerprint density at radius 1 is 0.906 bits per heavy atom. The zero-order valence-corrected chi connectivity index (χ0v) is 16.6. The molecular formula is C23H16N6O3. The number of hydrogen-bond donors (Lipinski definition) is 2. The Morgan fingerprint density at radius 3 is 2.47 bits per heavy atom. The number of carbonyl (C=O) groups is 1. The quantitative estimate of drug-likeness (QED) is 0.441. The van der Waals surface area contributed by atoms with E-state index in [0.29, 0.717) is 28.3 Å². The number of fused-ring (bicyclic) bond motifs is 1. The van der Waals surface area contributed by atoms with E-state index >= 15 is 0 Å². The van der Waals surface area contributed by atoms with Crippen molar-refractivity contribution < 1.29 is 9.21 Å². The highest BCUT2D eigenvalue weighted by Gasteiger charge is 2.12. The van der Waals surface area contributed by atoms with Gasteiger partial charge in [-0.1, -0.05) is 12.1 Å². The molecule has 1 amide bonds. The highest BCUT2D eigenvalue weighted by molar-refractivity contribution is 6.03. The highest BCUT2D eigenvalue weighted by Crippen LogP contribution is 2.19. The lowest BCUT2D eigenvalue weighted by atomic mass is 10.2. The third-order valence-corrected chi connectivity index (χ3v) is 4.66. The molecule has 0 radical (unpaired) electrons. The van der Waals surface area contributed by atoms with Gasteiger partial charge in [0, 0.05) is 29.8 Å². The van der Waals surface area contributed by atoms with E-state index in [4.69, 9.17) is 4.42 Å². The number of hydrogen-bond acceptors (Lipinski definition) is 7. The van der Waals surface area contributed by atoms with Crippen molar-refractivity contribution in [3.05, 3.63) is 101 Å². The van der Waals surface area contributed by atoms with Crippen LogP contribution >= 0.6 is 0 Å². The summed E-state index contributed by atoms with van der Waals surface area (Å²) in [4.78, 5) is 24.7. The van der Waals surface area contributed by atoms with Gasteiger partial charge in [0.1, 0.15) is 5.58 Å². The van der Waals surface area contributed by atoms with E-state index in [1.54, 1.807) is 77.7 Å². The van der Waals surface area contributed by atoms with E-state index in [2.05, 4.69) is 25.9 Å². The van der Waals surface area contributed by atoms with Crippen molar-refractivity contribution in [2.45, 2.75) is 0 Å². The van der Waals surface area contributed by atoms with E-state index in [-0.39, 0.29) is 11.2 Å². The summed E-state index contributed by atoms with van der Waals surface area (Å²) in [6, 6.07) is 20.4. The molecule has 0 fully saturated rings. The number of rotatable bonds is 5. The molecule has 0 saturated carbocycles. The topological polar surface area (TPSA) is 115 Å². The summed E-state index contributed by atoms with van der Waals surface area (Å²) < 4.78 is 7.19. The van der Waals surface area contributed by atoms with Gasteiger partial charge in [-0.05, 0) is 54.6 Å². The molecule has 9 nitrogen and oxygen atoms in total. The van der Waals surface area contributed by atoms with Crippen LogP contribution < -0.4 is 16.1 Å². The van der Waals surface area contributed by atoms with Crippen LogP contribution in [-0.2, 0) is 0 Å². The van der Waals surface area contributed by atoms with Crippen molar-refractivity contribution in [3.8, 4) is 5.82 Å². The van der Waals surface area contributed by atoms with Crippen molar-refractivity contribution >= 4 is 34.1 Å². The molecule has 156 valence electrons. The first-order valence-electron chi connectivity index (χ1n) is 9.71. The first kappa shape index (κ1) is 19.2. The maximum Gasteiger partial charge on any atom is 0.291 e. The fourth-order valence-corrected chi connectivity index (χ4v) is 3.11. The van der Waals surface area contributed by atoms with Crippen LogP contribution in [-0.4, -0.2) is 25.9 Å². The lowest BCUT2D eigenvalue weighted by Crippen LogP contribution is -2.14. The highest BCUT2D eigenvalue weighted by atomic mass is 16.3. The normalized spacial score (nSPS) is 10.8. The number of nitrogens with one attached hydrogen (secondary N) is 2. The lowest BCUT2D eigenvalue weighted by Gasteiger charge is -2.08. The number of benzene rings is 2. The summed E-state index contributed by atoms with van der Waals surface area (Å²) in [5.41, 5.74) is 1.42. The van der Waals surface area contributed by atoms with E-state index in [1.807, 2.05) is 6.07 Å². The van der Waals surface area contributed by atoms with Gasteiger partial charge in [-0.15, -0.1) is 10.2 Å². The minimum atomic E-state index is -0.506. The van der Waals surface area contributed by atoms with Gasteiger partial charge >= 0.3 is 0 Å². The monoisotopic (exact) mass is 424 g/mol. The molecule has 0 aliphatic carbocycles. The number of nitrogens with zero attached hydrogens (tertiary/aromatic N) is 4. The maximum atomic E-state index is 12.5. The largest absolute Gasteiger partial charge is 0.451 e. The van der Waals surface area contributed by atoms with Gasteiger partial charge in [0.05, 0.1) is 5.39 Å². The van der Waals surface area contributed by atoms with Crippen molar-refractivity contribution in [1.29, 1.82) is 0 Å². The molecule has 5 aromatic rings. The standard InChI is InChI=1S/C23H16N6O3/c30-18-14-20(32-19-5-2-1-4-17(18)19)23(31)26-16-8-6-15(7-9-16)25-21-10-11-22(28-27-21)29-13-3-12-24-29/h1-14H,(H,25,27)(H,26,31). The van der Waals surface area contributed by atoms with Crippen LogP contribution in [0.5, 0.6) is 0 Å². The second-order valence-corrected chi connectivity index (χ2v) is 6.85. The second kappa shape index (κ2) is 8.15. The molecule has 0 spiro atoms. The molecule has 2 aromatic carbocycles. The first-order chi connectivity index (χ1) is 15.7. The molecule has 3 aromatic heterocycles. The third kappa shape index (κ3) is 3.94. The van der Waals surface area contributed by atoms with Crippen molar-refractivity contribution in [3.63, 3.8) is 0 Å². The average Bonchev–Trinajstić information content (AvgIpc) is 3.36. The van der Waals surface area contributed by atoms with Crippen LogP contribution in [0.1, 0.15) is 10.6 Å². The molecule has 9 heteroatoms. The predicted octanol–water partition coefficient (Wildman–Crippen LogP) is 3.76.